The van der Waals surface area contributed by atoms with Crippen molar-refractivity contribution < 1.29 is 14.5 Å². The highest BCUT2D eigenvalue weighted by atomic mass is 32.1. The highest BCUT2D eigenvalue weighted by Crippen LogP contribution is 2.48. The fraction of sp³-hybridized carbons (Fsp3) is 0.222. The molecule has 1 atom stereocenters. The molecule has 182 valence electrons. The van der Waals surface area contributed by atoms with E-state index in [9.17, 15) is 19.7 Å². The van der Waals surface area contributed by atoms with Crippen LogP contribution in [0.2, 0.25) is 0 Å². The zero-order valence-corrected chi connectivity index (χ0v) is 20.6. The van der Waals surface area contributed by atoms with E-state index in [0.717, 1.165) is 5.69 Å². The number of hydrogen-bond acceptors (Lipinski definition) is 6. The maximum atomic E-state index is 14.4. The van der Waals surface area contributed by atoms with Gasteiger partial charge in [0.25, 0.3) is 17.5 Å². The first-order valence-electron chi connectivity index (χ1n) is 11.7. The minimum Gasteiger partial charge on any atom is -0.367 e. The maximum Gasteiger partial charge on any atom is 0.269 e. The summed E-state index contributed by atoms with van der Waals surface area (Å²) in [4.78, 5) is 44.8. The average Bonchev–Trinajstić information content (AvgIpc) is 2.89. The quantitative estimate of drug-likeness (QED) is 0.223. The maximum absolute atomic E-state index is 14.4. The van der Waals surface area contributed by atoms with Gasteiger partial charge in [0.2, 0.25) is 0 Å². The number of non-ortho nitro benzene ring substituents is 1. The lowest BCUT2D eigenvalue weighted by Gasteiger charge is -2.53. The topological polar surface area (TPSA) is 87.0 Å². The number of benzene rings is 3. The Morgan fingerprint density at radius 1 is 0.944 bits per heavy atom. The molecule has 0 radical (unpaired) electrons. The molecule has 1 fully saturated rings. The number of nitro benzene ring substituents is 1. The molecule has 8 nitrogen and oxygen atoms in total. The van der Waals surface area contributed by atoms with Gasteiger partial charge in [-0.25, -0.2) is 0 Å². The van der Waals surface area contributed by atoms with Gasteiger partial charge in [0.15, 0.2) is 10.5 Å². The summed E-state index contributed by atoms with van der Waals surface area (Å²) >= 11 is 5.76. The van der Waals surface area contributed by atoms with Crippen LogP contribution in [0, 0.1) is 15.5 Å². The molecule has 1 spiro atoms. The van der Waals surface area contributed by atoms with E-state index in [1.807, 2.05) is 55.1 Å². The van der Waals surface area contributed by atoms with Gasteiger partial charge in [0, 0.05) is 36.8 Å². The van der Waals surface area contributed by atoms with E-state index >= 15 is 0 Å². The molecular formula is C27H24N4O4S. The van der Waals surface area contributed by atoms with E-state index in [1.54, 1.807) is 30.3 Å². The van der Waals surface area contributed by atoms with Gasteiger partial charge in [-0.2, -0.15) is 0 Å². The van der Waals surface area contributed by atoms with Crippen LogP contribution in [0.25, 0.3) is 0 Å². The monoisotopic (exact) mass is 500 g/mol. The van der Waals surface area contributed by atoms with Gasteiger partial charge in [-0.05, 0) is 62.0 Å². The molecular weight excluding hydrogens is 476 g/mol. The van der Waals surface area contributed by atoms with Crippen molar-refractivity contribution in [3.8, 4) is 0 Å². The number of rotatable bonds is 4. The van der Waals surface area contributed by atoms with E-state index in [2.05, 4.69) is 0 Å². The number of para-hydroxylation sites is 2. The molecule has 3 aromatic rings. The van der Waals surface area contributed by atoms with Crippen LogP contribution in [0.3, 0.4) is 0 Å². The molecule has 2 aliphatic heterocycles. The summed E-state index contributed by atoms with van der Waals surface area (Å²) in [6.07, 6.45) is 0.0224. The second kappa shape index (κ2) is 8.83. The largest absolute Gasteiger partial charge is 0.367 e. The lowest BCUT2D eigenvalue weighted by Crippen LogP contribution is -2.72. The Morgan fingerprint density at radius 3 is 1.94 bits per heavy atom. The van der Waals surface area contributed by atoms with Crippen LogP contribution < -0.4 is 14.7 Å². The number of anilines is 3. The average molecular weight is 501 g/mol. The molecule has 0 N–H and O–H groups in total. The van der Waals surface area contributed by atoms with Gasteiger partial charge in [0.1, 0.15) is 0 Å². The zero-order valence-electron chi connectivity index (χ0n) is 19.8. The van der Waals surface area contributed by atoms with Gasteiger partial charge < -0.3 is 4.90 Å². The summed E-state index contributed by atoms with van der Waals surface area (Å²) in [7, 11) is 0. The molecule has 0 bridgehead atoms. The SMILES string of the molecule is CCN1c2ccc([N+](=O)[O-])cc2CC2(C(=O)N(c3ccccc3)C(=S)N(c3ccccc3)C2=O)[C@@H]1C. The molecule has 3 aromatic carbocycles. The third kappa shape index (κ3) is 3.38. The summed E-state index contributed by atoms with van der Waals surface area (Å²) < 4.78 is 0. The predicted molar refractivity (Wildman–Crippen MR) is 142 cm³/mol. The number of hydrogen-bond donors (Lipinski definition) is 0. The van der Waals surface area contributed by atoms with Gasteiger partial charge >= 0.3 is 0 Å². The third-order valence-corrected chi connectivity index (χ3v) is 7.52. The van der Waals surface area contributed by atoms with Crippen molar-refractivity contribution in [1.82, 2.24) is 0 Å². The van der Waals surface area contributed by atoms with E-state index in [-0.39, 0.29) is 17.2 Å². The van der Waals surface area contributed by atoms with Crippen LogP contribution in [-0.4, -0.2) is 34.4 Å². The number of thiocarbonyl (C=S) groups is 1. The summed E-state index contributed by atoms with van der Waals surface area (Å²) in [6.45, 7) is 4.31. The third-order valence-electron chi connectivity index (χ3n) is 7.15. The molecule has 1 saturated heterocycles. The fourth-order valence-electron chi connectivity index (χ4n) is 5.36. The smallest absolute Gasteiger partial charge is 0.269 e. The molecule has 0 aliphatic carbocycles. The lowest BCUT2D eigenvalue weighted by atomic mass is 9.68. The summed E-state index contributed by atoms with van der Waals surface area (Å²) in [5, 5.41) is 11.6. The molecule has 0 aromatic heterocycles. The second-order valence-corrected chi connectivity index (χ2v) is 9.28. The Morgan fingerprint density at radius 2 is 1.47 bits per heavy atom. The molecule has 36 heavy (non-hydrogen) atoms. The molecule has 5 rings (SSSR count). The Hall–Kier alpha value is -4.11. The van der Waals surface area contributed by atoms with Crippen LogP contribution >= 0.6 is 12.2 Å². The first-order chi connectivity index (χ1) is 17.3. The molecule has 9 heteroatoms. The first-order valence-corrected chi connectivity index (χ1v) is 12.1. The van der Waals surface area contributed by atoms with Gasteiger partial charge in [-0.1, -0.05) is 36.4 Å². The van der Waals surface area contributed by atoms with E-state index in [0.29, 0.717) is 23.5 Å². The zero-order chi connectivity index (χ0) is 25.6. The van der Waals surface area contributed by atoms with E-state index < -0.39 is 28.2 Å². The molecule has 2 heterocycles. The summed E-state index contributed by atoms with van der Waals surface area (Å²) in [5.74, 6) is -0.863. The second-order valence-electron chi connectivity index (χ2n) is 8.92. The number of carbonyl (C=O) groups excluding carboxylic acids is 2. The van der Waals surface area contributed by atoms with Crippen LogP contribution in [0.5, 0.6) is 0 Å². The Bertz CT molecular complexity index is 1320. The van der Waals surface area contributed by atoms with Crippen LogP contribution in [0.4, 0.5) is 22.7 Å². The normalized spacial score (nSPS) is 19.0. The van der Waals surface area contributed by atoms with Crippen molar-refractivity contribution >= 4 is 51.9 Å². The lowest BCUT2D eigenvalue weighted by molar-refractivity contribution is -0.384. The minimum absolute atomic E-state index is 0.0224. The van der Waals surface area contributed by atoms with E-state index in [4.69, 9.17) is 12.2 Å². The van der Waals surface area contributed by atoms with Crippen molar-refractivity contribution in [2.75, 3.05) is 21.2 Å². The van der Waals surface area contributed by atoms with Crippen LogP contribution in [-0.2, 0) is 16.0 Å². The number of fused-ring (bicyclic) bond motifs is 1. The highest BCUT2D eigenvalue weighted by Gasteiger charge is 2.62. The van der Waals surface area contributed by atoms with Gasteiger partial charge in [0.05, 0.1) is 16.3 Å². The van der Waals surface area contributed by atoms with Gasteiger partial charge in [-0.3, -0.25) is 29.5 Å². The van der Waals surface area contributed by atoms with Crippen LogP contribution in [0.1, 0.15) is 19.4 Å². The van der Waals surface area contributed by atoms with Crippen molar-refractivity contribution in [2.24, 2.45) is 5.41 Å². The number of carbonyl (C=O) groups is 2. The first kappa shape index (κ1) is 23.6. The molecule has 0 unspecified atom stereocenters. The van der Waals surface area contributed by atoms with Crippen molar-refractivity contribution in [2.45, 2.75) is 26.3 Å². The molecule has 2 amide bonds. The Balaban J connectivity index is 1.75. The Labute approximate surface area is 213 Å². The predicted octanol–water partition coefficient (Wildman–Crippen LogP) is 4.72. The summed E-state index contributed by atoms with van der Waals surface area (Å²) in [5.41, 5.74) is 0.847. The minimum atomic E-state index is -1.55. The van der Waals surface area contributed by atoms with Gasteiger partial charge in [-0.15, -0.1) is 0 Å². The number of nitrogens with zero attached hydrogens (tertiary/aromatic N) is 4. The molecule has 2 aliphatic rings. The molecule has 0 saturated carbocycles. The number of nitro groups is 1. The highest BCUT2D eigenvalue weighted by molar-refractivity contribution is 7.81. The standard InChI is InChI=1S/C27H24N4O4S/c1-3-28-18(2)27(17-19-16-22(31(34)35)14-15-23(19)28)24(32)29(20-10-6-4-7-11-20)26(36)30(25(27)33)21-12-8-5-9-13-21/h4-16,18H,3,17H2,1-2H3/t18-/m0/s1. The Kier molecular flexibility index (Phi) is 5.80. The van der Waals surface area contributed by atoms with Crippen molar-refractivity contribution in [3.63, 3.8) is 0 Å². The van der Waals surface area contributed by atoms with Crippen molar-refractivity contribution in [1.29, 1.82) is 0 Å². The summed E-state index contributed by atoms with van der Waals surface area (Å²) in [6, 6.07) is 22.1. The van der Waals surface area contributed by atoms with Crippen LogP contribution in [0.15, 0.2) is 78.9 Å². The number of amides is 2. The fourth-order valence-corrected chi connectivity index (χ4v) is 5.73. The van der Waals surface area contributed by atoms with Crippen molar-refractivity contribution in [3.05, 3.63) is 94.5 Å². The van der Waals surface area contributed by atoms with E-state index in [1.165, 1.54) is 21.9 Å².